The number of rotatable bonds is 5. The third-order valence-corrected chi connectivity index (χ3v) is 3.10. The number of carbonyl (C=O) groups excluding carboxylic acids is 1. The molecule has 0 saturated heterocycles. The molecule has 1 aromatic heterocycles. The number of hydrogen-bond acceptors (Lipinski definition) is 4. The largest absolute Gasteiger partial charge is 0.399 e. The number of nitrogens with two attached hydrogens (primary N) is 1. The molecule has 0 aliphatic rings. The molecule has 106 valence electrons. The summed E-state index contributed by atoms with van der Waals surface area (Å²) in [6, 6.07) is 7.39. The minimum atomic E-state index is -0.227. The predicted molar refractivity (Wildman–Crippen MR) is 77.0 cm³/mol. The minimum Gasteiger partial charge on any atom is -0.399 e. The third-order valence-electron chi connectivity index (χ3n) is 3.10. The first-order valence-electron chi connectivity index (χ1n) is 6.54. The van der Waals surface area contributed by atoms with Gasteiger partial charge in [0.25, 0.3) is 0 Å². The smallest absolute Gasteiger partial charge is 0.227 e. The van der Waals surface area contributed by atoms with Gasteiger partial charge in [0.2, 0.25) is 5.91 Å². The van der Waals surface area contributed by atoms with E-state index in [4.69, 9.17) is 5.73 Å². The number of carbonyl (C=O) groups is 1. The Bertz CT molecular complexity index is 593. The molecule has 0 fully saturated rings. The van der Waals surface area contributed by atoms with E-state index in [1.807, 2.05) is 32.2 Å². The van der Waals surface area contributed by atoms with Gasteiger partial charge in [-0.25, -0.2) is 4.98 Å². The van der Waals surface area contributed by atoms with Crippen LogP contribution in [0.15, 0.2) is 30.6 Å². The molecule has 6 heteroatoms. The first kappa shape index (κ1) is 14.0. The molecule has 3 N–H and O–H groups in total. The lowest BCUT2D eigenvalue weighted by atomic mass is 10.00. The number of amides is 1. The van der Waals surface area contributed by atoms with E-state index >= 15 is 0 Å². The Morgan fingerprint density at radius 1 is 1.50 bits per heavy atom. The molecular formula is C14H19N5O. The van der Waals surface area contributed by atoms with E-state index in [1.165, 1.54) is 0 Å². The average molecular weight is 273 g/mol. The van der Waals surface area contributed by atoms with Crippen molar-refractivity contribution >= 4 is 11.6 Å². The second-order valence-electron chi connectivity index (χ2n) is 4.77. The fourth-order valence-corrected chi connectivity index (χ4v) is 1.93. The van der Waals surface area contributed by atoms with E-state index in [0.29, 0.717) is 18.7 Å². The van der Waals surface area contributed by atoms with Crippen LogP contribution >= 0.6 is 0 Å². The van der Waals surface area contributed by atoms with Gasteiger partial charge in [-0.1, -0.05) is 12.1 Å². The quantitative estimate of drug-likeness (QED) is 0.791. The van der Waals surface area contributed by atoms with Crippen molar-refractivity contribution in [2.24, 2.45) is 7.05 Å². The Labute approximate surface area is 118 Å². The highest BCUT2D eigenvalue weighted by Crippen LogP contribution is 2.17. The molecule has 6 nitrogen and oxygen atoms in total. The molecule has 20 heavy (non-hydrogen) atoms. The summed E-state index contributed by atoms with van der Waals surface area (Å²) in [5.41, 5.74) is 7.31. The van der Waals surface area contributed by atoms with Crippen molar-refractivity contribution in [1.82, 2.24) is 20.1 Å². The van der Waals surface area contributed by atoms with Gasteiger partial charge in [-0.3, -0.25) is 9.48 Å². The first-order valence-corrected chi connectivity index (χ1v) is 6.54. The Morgan fingerprint density at radius 3 is 2.95 bits per heavy atom. The monoisotopic (exact) mass is 273 g/mol. The summed E-state index contributed by atoms with van der Waals surface area (Å²) in [6.45, 7) is 2.39. The summed E-state index contributed by atoms with van der Waals surface area (Å²) >= 11 is 0. The van der Waals surface area contributed by atoms with Crippen molar-refractivity contribution in [1.29, 1.82) is 0 Å². The van der Waals surface area contributed by atoms with Crippen LogP contribution in [0.25, 0.3) is 0 Å². The zero-order valence-corrected chi connectivity index (χ0v) is 11.7. The molecule has 0 spiro atoms. The lowest BCUT2D eigenvalue weighted by molar-refractivity contribution is -0.122. The summed E-state index contributed by atoms with van der Waals surface area (Å²) in [7, 11) is 1.82. The van der Waals surface area contributed by atoms with Crippen LogP contribution in [-0.4, -0.2) is 27.2 Å². The van der Waals surface area contributed by atoms with E-state index in [0.717, 1.165) is 11.4 Å². The molecular weight excluding hydrogens is 254 g/mol. The number of aromatic nitrogens is 3. The molecule has 2 rings (SSSR count). The maximum Gasteiger partial charge on any atom is 0.227 e. The molecule has 1 amide bonds. The average Bonchev–Trinajstić information content (AvgIpc) is 2.83. The molecule has 0 aliphatic heterocycles. The summed E-state index contributed by atoms with van der Waals surface area (Å²) in [5, 5.41) is 7.05. The van der Waals surface area contributed by atoms with E-state index in [1.54, 1.807) is 17.1 Å². The lowest BCUT2D eigenvalue weighted by Gasteiger charge is -2.12. The standard InChI is InChI=1S/C14H19N5O/c1-10(11-4-3-5-12(15)8-11)14(20)16-7-6-13-17-9-19(2)18-13/h3-5,8-10H,6-7,15H2,1-2H3,(H,16,20). The molecule has 0 radical (unpaired) electrons. The Kier molecular flexibility index (Phi) is 4.34. The molecule has 0 aliphatic carbocycles. The zero-order valence-electron chi connectivity index (χ0n) is 11.7. The molecule has 1 aromatic carbocycles. The van der Waals surface area contributed by atoms with Crippen LogP contribution in [0, 0.1) is 0 Å². The normalized spacial score (nSPS) is 12.1. The van der Waals surface area contributed by atoms with Crippen LogP contribution in [0.5, 0.6) is 0 Å². The van der Waals surface area contributed by atoms with Crippen molar-refractivity contribution in [2.45, 2.75) is 19.3 Å². The number of nitrogens with zero attached hydrogens (tertiary/aromatic N) is 3. The highest BCUT2D eigenvalue weighted by Gasteiger charge is 2.14. The molecule has 0 bridgehead atoms. The van der Waals surface area contributed by atoms with Crippen molar-refractivity contribution in [2.75, 3.05) is 12.3 Å². The second-order valence-corrected chi connectivity index (χ2v) is 4.77. The highest BCUT2D eigenvalue weighted by atomic mass is 16.1. The van der Waals surface area contributed by atoms with Crippen LogP contribution in [0.1, 0.15) is 24.2 Å². The number of anilines is 1. The van der Waals surface area contributed by atoms with Crippen LogP contribution in [-0.2, 0) is 18.3 Å². The molecule has 1 atom stereocenters. The van der Waals surface area contributed by atoms with Crippen LogP contribution in [0.4, 0.5) is 5.69 Å². The van der Waals surface area contributed by atoms with Gasteiger partial charge < -0.3 is 11.1 Å². The maximum absolute atomic E-state index is 12.1. The summed E-state index contributed by atoms with van der Waals surface area (Å²) in [6.07, 6.45) is 2.27. The number of hydrogen-bond donors (Lipinski definition) is 2. The van der Waals surface area contributed by atoms with E-state index in [9.17, 15) is 4.79 Å². The Morgan fingerprint density at radius 2 is 2.30 bits per heavy atom. The zero-order chi connectivity index (χ0) is 14.5. The Hall–Kier alpha value is -2.37. The summed E-state index contributed by atoms with van der Waals surface area (Å²) < 4.78 is 1.65. The van der Waals surface area contributed by atoms with Crippen molar-refractivity contribution in [3.05, 3.63) is 42.0 Å². The second kappa shape index (κ2) is 6.18. The summed E-state index contributed by atoms with van der Waals surface area (Å²) in [4.78, 5) is 16.2. The van der Waals surface area contributed by atoms with Gasteiger partial charge in [0.1, 0.15) is 6.33 Å². The fraction of sp³-hybridized carbons (Fsp3) is 0.357. The van der Waals surface area contributed by atoms with Gasteiger partial charge in [-0.15, -0.1) is 0 Å². The van der Waals surface area contributed by atoms with Crippen LogP contribution in [0.2, 0.25) is 0 Å². The molecule has 2 aromatic rings. The van der Waals surface area contributed by atoms with Gasteiger partial charge in [0.05, 0.1) is 5.92 Å². The maximum atomic E-state index is 12.1. The van der Waals surface area contributed by atoms with Crippen molar-refractivity contribution < 1.29 is 4.79 Å². The topological polar surface area (TPSA) is 85.8 Å². The fourth-order valence-electron chi connectivity index (χ4n) is 1.93. The number of nitrogens with one attached hydrogen (secondary N) is 1. The number of nitrogen functional groups attached to an aromatic ring is 1. The predicted octanol–water partition coefficient (Wildman–Crippen LogP) is 0.860. The highest BCUT2D eigenvalue weighted by molar-refractivity contribution is 5.83. The molecule has 1 heterocycles. The van der Waals surface area contributed by atoms with E-state index < -0.39 is 0 Å². The lowest BCUT2D eigenvalue weighted by Crippen LogP contribution is -2.30. The minimum absolute atomic E-state index is 0.0217. The number of benzene rings is 1. The first-order chi connectivity index (χ1) is 9.56. The SMILES string of the molecule is CC(C(=O)NCCc1ncn(C)n1)c1cccc(N)c1. The van der Waals surface area contributed by atoms with Crippen LogP contribution < -0.4 is 11.1 Å². The Balaban J connectivity index is 1.85. The van der Waals surface area contributed by atoms with Crippen LogP contribution in [0.3, 0.4) is 0 Å². The van der Waals surface area contributed by atoms with Crippen molar-refractivity contribution in [3.8, 4) is 0 Å². The van der Waals surface area contributed by atoms with Gasteiger partial charge in [0, 0.05) is 25.7 Å². The number of aryl methyl sites for hydroxylation is 1. The summed E-state index contributed by atoms with van der Waals surface area (Å²) in [5.74, 6) is 0.478. The molecule has 1 unspecified atom stereocenters. The van der Waals surface area contributed by atoms with Gasteiger partial charge in [-0.2, -0.15) is 5.10 Å². The van der Waals surface area contributed by atoms with Gasteiger partial charge in [-0.05, 0) is 24.6 Å². The van der Waals surface area contributed by atoms with E-state index in [2.05, 4.69) is 15.4 Å². The van der Waals surface area contributed by atoms with Crippen molar-refractivity contribution in [3.63, 3.8) is 0 Å². The van der Waals surface area contributed by atoms with Gasteiger partial charge >= 0.3 is 0 Å². The van der Waals surface area contributed by atoms with Gasteiger partial charge in [0.15, 0.2) is 5.82 Å². The van der Waals surface area contributed by atoms with E-state index in [-0.39, 0.29) is 11.8 Å². The third kappa shape index (κ3) is 3.57. The molecule has 0 saturated carbocycles.